The number of aliphatic carboxylic acids is 2. The molecule has 0 fully saturated rings. The molecule has 45 heavy (non-hydrogen) atoms. The van der Waals surface area contributed by atoms with E-state index in [0.29, 0.717) is 22.7 Å². The van der Waals surface area contributed by atoms with E-state index in [1.807, 2.05) is 42.5 Å². The Labute approximate surface area is 260 Å². The fourth-order valence-electron chi connectivity index (χ4n) is 3.67. The predicted molar refractivity (Wildman–Crippen MR) is 159 cm³/mol. The van der Waals surface area contributed by atoms with Gasteiger partial charge in [0.25, 0.3) is 0 Å². The van der Waals surface area contributed by atoms with Gasteiger partial charge in [-0.3, -0.25) is 14.4 Å². The number of carbonyl (C=O) groups is 5. The van der Waals surface area contributed by atoms with Gasteiger partial charge >= 0.3 is 24.1 Å². The molecular weight excluding hydrogens is 621 g/mol. The Morgan fingerprint density at radius 1 is 0.800 bits per heavy atom. The molecule has 11 nitrogen and oxygen atoms in total. The second-order valence-electron chi connectivity index (χ2n) is 9.28. The van der Waals surface area contributed by atoms with Crippen molar-refractivity contribution < 1.29 is 47.4 Å². The third-order valence-electron chi connectivity index (χ3n) is 5.77. The topological polar surface area (TPSA) is 174 Å². The number of hydrogen-bond donors (Lipinski definition) is 6. The van der Waals surface area contributed by atoms with Crippen molar-refractivity contribution in [3.05, 3.63) is 89.4 Å². The van der Waals surface area contributed by atoms with Crippen LogP contribution in [0.1, 0.15) is 30.9 Å². The molecule has 3 aromatic carbocycles. The van der Waals surface area contributed by atoms with Gasteiger partial charge in [0.2, 0.25) is 11.8 Å². The lowest BCUT2D eigenvalue weighted by atomic mass is 9.99. The number of carboxylic acid groups (broad SMARTS) is 2. The summed E-state index contributed by atoms with van der Waals surface area (Å²) < 4.78 is 31.7. The lowest BCUT2D eigenvalue weighted by molar-refractivity contribution is -0.192. The van der Waals surface area contributed by atoms with Crippen LogP contribution < -0.4 is 21.3 Å². The number of hydrogen-bond acceptors (Lipinski definition) is 5. The van der Waals surface area contributed by atoms with Gasteiger partial charge in [-0.1, -0.05) is 72.3 Å². The molecule has 0 radical (unpaired) electrons. The highest BCUT2D eigenvalue weighted by atomic mass is 35.5. The maximum absolute atomic E-state index is 12.4. The van der Waals surface area contributed by atoms with Crippen LogP contribution in [0.15, 0.2) is 78.9 Å². The summed E-state index contributed by atoms with van der Waals surface area (Å²) >= 11 is 5.88. The molecule has 1 atom stereocenters. The number of carboxylic acids is 2. The fourth-order valence-corrected chi connectivity index (χ4v) is 3.86. The van der Waals surface area contributed by atoms with Crippen molar-refractivity contribution in [1.82, 2.24) is 16.0 Å². The summed E-state index contributed by atoms with van der Waals surface area (Å²) in [5.41, 5.74) is 3.19. The summed E-state index contributed by atoms with van der Waals surface area (Å²) in [5, 5.41) is 27.4. The molecule has 240 valence electrons. The first-order valence-electron chi connectivity index (χ1n) is 13.3. The maximum atomic E-state index is 12.4. The normalized spacial score (nSPS) is 11.2. The van der Waals surface area contributed by atoms with Crippen molar-refractivity contribution in [3.8, 4) is 11.1 Å². The Kier molecular flexibility index (Phi) is 14.3. The first kappa shape index (κ1) is 36.1. The van der Waals surface area contributed by atoms with E-state index in [0.717, 1.165) is 11.1 Å². The highest BCUT2D eigenvalue weighted by Gasteiger charge is 2.38. The van der Waals surface area contributed by atoms with Crippen molar-refractivity contribution >= 4 is 47.1 Å². The third kappa shape index (κ3) is 14.3. The van der Waals surface area contributed by atoms with Crippen LogP contribution in [0.5, 0.6) is 0 Å². The smallest absolute Gasteiger partial charge is 0.481 e. The number of urea groups is 1. The van der Waals surface area contributed by atoms with Crippen LogP contribution in [0.3, 0.4) is 0 Å². The Morgan fingerprint density at radius 2 is 1.42 bits per heavy atom. The average Bonchev–Trinajstić information content (AvgIpc) is 2.98. The minimum atomic E-state index is -5.08. The van der Waals surface area contributed by atoms with E-state index in [1.165, 1.54) is 0 Å². The lowest BCUT2D eigenvalue weighted by Gasteiger charge is -2.18. The predicted octanol–water partition coefficient (Wildman–Crippen LogP) is 4.99. The number of carbonyl (C=O) groups excluding carboxylic acids is 3. The molecular formula is C30H30ClF3N4O7. The van der Waals surface area contributed by atoms with E-state index in [9.17, 15) is 37.5 Å². The van der Waals surface area contributed by atoms with Gasteiger partial charge in [0.05, 0.1) is 19.0 Å². The zero-order valence-electron chi connectivity index (χ0n) is 23.6. The summed E-state index contributed by atoms with van der Waals surface area (Å²) in [4.78, 5) is 56.7. The number of rotatable bonds is 12. The summed E-state index contributed by atoms with van der Waals surface area (Å²) in [6.45, 7) is -0.0363. The van der Waals surface area contributed by atoms with E-state index in [2.05, 4.69) is 21.3 Å². The Hall–Kier alpha value is -5.11. The summed E-state index contributed by atoms with van der Waals surface area (Å²) in [5.74, 6) is -4.68. The van der Waals surface area contributed by atoms with Gasteiger partial charge in [-0.25, -0.2) is 9.59 Å². The molecule has 15 heteroatoms. The molecule has 6 N–H and O–H groups in total. The first-order chi connectivity index (χ1) is 21.2. The molecule has 4 amide bonds. The molecule has 0 aliphatic rings. The zero-order valence-corrected chi connectivity index (χ0v) is 24.3. The monoisotopic (exact) mass is 650 g/mol. The molecule has 0 aromatic heterocycles. The van der Waals surface area contributed by atoms with Crippen molar-refractivity contribution in [1.29, 1.82) is 0 Å². The Bertz CT molecular complexity index is 1460. The SMILES string of the molecule is O=C(O)C(F)(F)F.O=C(O)CC(NC(=O)CNC(=O)CCCNC(=O)Nc1cccc(Cl)c1)c1ccc(-c2ccccc2)cc1. The fraction of sp³-hybridized carbons (Fsp3) is 0.233. The van der Waals surface area contributed by atoms with E-state index in [4.69, 9.17) is 21.5 Å². The summed E-state index contributed by atoms with van der Waals surface area (Å²) in [7, 11) is 0. The molecule has 0 aliphatic heterocycles. The van der Waals surface area contributed by atoms with Crippen LogP contribution in [-0.4, -0.2) is 59.3 Å². The van der Waals surface area contributed by atoms with Gasteiger partial charge in [0, 0.05) is 23.7 Å². The van der Waals surface area contributed by atoms with E-state index in [-0.39, 0.29) is 31.8 Å². The minimum absolute atomic E-state index is 0.101. The minimum Gasteiger partial charge on any atom is -0.481 e. The van der Waals surface area contributed by atoms with Crippen LogP contribution >= 0.6 is 11.6 Å². The molecule has 0 saturated heterocycles. The largest absolute Gasteiger partial charge is 0.490 e. The summed E-state index contributed by atoms with van der Waals surface area (Å²) in [6.07, 6.45) is -4.91. The van der Waals surface area contributed by atoms with Crippen LogP contribution in [-0.2, 0) is 19.2 Å². The third-order valence-corrected chi connectivity index (χ3v) is 6.01. The number of anilines is 1. The second kappa shape index (κ2) is 17.9. The molecule has 0 aliphatic carbocycles. The van der Waals surface area contributed by atoms with Crippen molar-refractivity contribution in [2.75, 3.05) is 18.4 Å². The van der Waals surface area contributed by atoms with Crippen molar-refractivity contribution in [2.45, 2.75) is 31.5 Å². The molecule has 0 saturated carbocycles. The molecule has 1 unspecified atom stereocenters. The maximum Gasteiger partial charge on any atom is 0.490 e. The second-order valence-corrected chi connectivity index (χ2v) is 9.72. The van der Waals surface area contributed by atoms with E-state index >= 15 is 0 Å². The van der Waals surface area contributed by atoms with Crippen LogP contribution in [0.4, 0.5) is 23.7 Å². The van der Waals surface area contributed by atoms with Gasteiger partial charge in [-0.2, -0.15) is 13.2 Å². The molecule has 3 aromatic rings. The van der Waals surface area contributed by atoms with Crippen molar-refractivity contribution in [3.63, 3.8) is 0 Å². The van der Waals surface area contributed by atoms with Crippen molar-refractivity contribution in [2.24, 2.45) is 0 Å². The Morgan fingerprint density at radius 3 is 2.00 bits per heavy atom. The molecule has 0 bridgehead atoms. The molecule has 3 rings (SSSR count). The first-order valence-corrected chi connectivity index (χ1v) is 13.7. The zero-order chi connectivity index (χ0) is 33.4. The van der Waals surface area contributed by atoms with Gasteiger partial charge in [0.15, 0.2) is 0 Å². The molecule has 0 heterocycles. The molecule has 0 spiro atoms. The number of halogens is 4. The van der Waals surface area contributed by atoms with Gasteiger partial charge in [-0.15, -0.1) is 0 Å². The van der Waals surface area contributed by atoms with Gasteiger partial charge in [0.1, 0.15) is 0 Å². The van der Waals surface area contributed by atoms with Crippen LogP contribution in [0, 0.1) is 0 Å². The van der Waals surface area contributed by atoms with Crippen LogP contribution in [0.25, 0.3) is 11.1 Å². The average molecular weight is 651 g/mol. The Balaban J connectivity index is 0.000000900. The summed E-state index contributed by atoms with van der Waals surface area (Å²) in [6, 6.07) is 22.6. The highest BCUT2D eigenvalue weighted by molar-refractivity contribution is 6.30. The number of benzene rings is 3. The van der Waals surface area contributed by atoms with Gasteiger partial charge in [-0.05, 0) is 41.3 Å². The standard InChI is InChI=1S/C28H29ClN4O5.C2HF3O2/c29-22-8-4-9-23(16-22)32-28(38)30-15-5-10-25(34)31-18-26(35)33-24(17-27(36)37)21-13-11-20(12-14-21)19-6-2-1-3-7-19;3-2(4,5)1(6)7/h1-4,6-9,11-14,16,24H,5,10,15,17-18H2,(H,31,34)(H,33,35)(H,36,37)(H2,30,32,38);(H,6,7). The van der Waals surface area contributed by atoms with E-state index in [1.54, 1.807) is 36.4 Å². The quantitative estimate of drug-likeness (QED) is 0.150. The number of amides is 4. The number of alkyl halides is 3. The van der Waals surface area contributed by atoms with E-state index < -0.39 is 36.1 Å². The van der Waals surface area contributed by atoms with Crippen LogP contribution in [0.2, 0.25) is 5.02 Å². The highest BCUT2D eigenvalue weighted by Crippen LogP contribution is 2.23. The lowest BCUT2D eigenvalue weighted by Crippen LogP contribution is -2.39. The number of nitrogens with one attached hydrogen (secondary N) is 4. The van der Waals surface area contributed by atoms with Gasteiger partial charge < -0.3 is 31.5 Å².